The molecular formula is C15H17BrN2O. The Morgan fingerprint density at radius 3 is 2.68 bits per heavy atom. The normalized spacial score (nSPS) is 12.3. The van der Waals surface area contributed by atoms with Crippen LogP contribution in [0.4, 0.5) is 0 Å². The number of nitrogens with two attached hydrogens (primary N) is 1. The van der Waals surface area contributed by atoms with Crippen LogP contribution < -0.4 is 5.73 Å². The molecule has 0 aliphatic carbocycles. The van der Waals surface area contributed by atoms with Crippen molar-refractivity contribution in [3.05, 3.63) is 64.4 Å². The summed E-state index contributed by atoms with van der Waals surface area (Å²) in [5.41, 5.74) is 8.18. The maximum absolute atomic E-state index is 6.05. The second-order valence-corrected chi connectivity index (χ2v) is 5.25. The van der Waals surface area contributed by atoms with Gasteiger partial charge in [0.25, 0.3) is 0 Å². The number of pyridine rings is 1. The second kappa shape index (κ2) is 7.38. The van der Waals surface area contributed by atoms with Gasteiger partial charge in [-0.1, -0.05) is 30.3 Å². The summed E-state index contributed by atoms with van der Waals surface area (Å²) >= 11 is 3.44. The van der Waals surface area contributed by atoms with Gasteiger partial charge in [0, 0.05) is 16.7 Å². The van der Waals surface area contributed by atoms with E-state index in [2.05, 4.69) is 33.0 Å². The Bertz CT molecular complexity index is 505. The molecule has 0 radical (unpaired) electrons. The highest BCUT2D eigenvalue weighted by Crippen LogP contribution is 2.14. The van der Waals surface area contributed by atoms with Gasteiger partial charge in [-0.15, -0.1) is 0 Å². The second-order valence-electron chi connectivity index (χ2n) is 4.40. The number of aromatic nitrogens is 1. The van der Waals surface area contributed by atoms with Crippen molar-refractivity contribution in [3.8, 4) is 0 Å². The Morgan fingerprint density at radius 1 is 1.16 bits per heavy atom. The van der Waals surface area contributed by atoms with E-state index >= 15 is 0 Å². The van der Waals surface area contributed by atoms with Crippen molar-refractivity contribution in [1.29, 1.82) is 0 Å². The molecule has 2 rings (SSSR count). The third-order valence-corrected chi connectivity index (χ3v) is 3.47. The van der Waals surface area contributed by atoms with Crippen molar-refractivity contribution in [2.45, 2.75) is 19.1 Å². The van der Waals surface area contributed by atoms with Gasteiger partial charge in [0.1, 0.15) is 0 Å². The van der Waals surface area contributed by atoms with Crippen LogP contribution in [0, 0.1) is 0 Å². The smallest absolute Gasteiger partial charge is 0.0900 e. The summed E-state index contributed by atoms with van der Waals surface area (Å²) in [5.74, 6) is 0. The number of rotatable bonds is 6. The van der Waals surface area contributed by atoms with Crippen molar-refractivity contribution in [2.75, 3.05) is 6.61 Å². The number of hydrogen-bond donors (Lipinski definition) is 1. The fourth-order valence-electron chi connectivity index (χ4n) is 1.81. The van der Waals surface area contributed by atoms with E-state index in [0.717, 1.165) is 16.6 Å². The lowest BCUT2D eigenvalue weighted by Gasteiger charge is -2.12. The lowest BCUT2D eigenvalue weighted by Crippen LogP contribution is -2.28. The molecule has 2 aromatic rings. The quantitative estimate of drug-likeness (QED) is 0.890. The average molecular weight is 321 g/mol. The van der Waals surface area contributed by atoms with E-state index in [9.17, 15) is 0 Å². The predicted octanol–water partition coefficient (Wildman–Crippen LogP) is 2.93. The predicted molar refractivity (Wildman–Crippen MR) is 79.7 cm³/mol. The third-order valence-electron chi connectivity index (χ3n) is 2.75. The zero-order chi connectivity index (χ0) is 13.5. The van der Waals surface area contributed by atoms with Crippen LogP contribution in [0.25, 0.3) is 0 Å². The molecule has 1 aromatic carbocycles. The summed E-state index contributed by atoms with van der Waals surface area (Å²) in [6, 6.07) is 14.0. The third kappa shape index (κ3) is 4.74. The van der Waals surface area contributed by atoms with E-state index in [1.54, 1.807) is 6.20 Å². The average Bonchev–Trinajstić information content (AvgIpc) is 2.42. The number of hydrogen-bond acceptors (Lipinski definition) is 3. The standard InChI is InChI=1S/C15H17BrN2O/c16-14-7-4-8-18-15(14)11-19-10-13(17)9-12-5-2-1-3-6-12/h1-8,13H,9-11,17H2/t13-/m1/s1. The van der Waals surface area contributed by atoms with Crippen LogP contribution in [0.15, 0.2) is 53.1 Å². The molecule has 19 heavy (non-hydrogen) atoms. The maximum Gasteiger partial charge on any atom is 0.0900 e. The minimum Gasteiger partial charge on any atom is -0.373 e. The van der Waals surface area contributed by atoms with Gasteiger partial charge < -0.3 is 10.5 Å². The first kappa shape index (κ1) is 14.2. The molecular weight excluding hydrogens is 304 g/mol. The number of ether oxygens (including phenoxy) is 1. The minimum atomic E-state index is 0.00453. The minimum absolute atomic E-state index is 0.00453. The van der Waals surface area contributed by atoms with Crippen LogP contribution in [0.2, 0.25) is 0 Å². The lowest BCUT2D eigenvalue weighted by atomic mass is 10.1. The highest BCUT2D eigenvalue weighted by atomic mass is 79.9. The van der Waals surface area contributed by atoms with Crippen LogP contribution in [0.3, 0.4) is 0 Å². The van der Waals surface area contributed by atoms with Gasteiger partial charge >= 0.3 is 0 Å². The van der Waals surface area contributed by atoms with Crippen molar-refractivity contribution < 1.29 is 4.74 Å². The molecule has 0 aliphatic rings. The Balaban J connectivity index is 1.75. The van der Waals surface area contributed by atoms with E-state index in [1.807, 2.05) is 30.3 Å². The fraction of sp³-hybridized carbons (Fsp3) is 0.267. The van der Waals surface area contributed by atoms with Crippen molar-refractivity contribution in [2.24, 2.45) is 5.73 Å². The van der Waals surface area contributed by atoms with Gasteiger partial charge in [0.05, 0.1) is 18.9 Å². The number of benzene rings is 1. The number of nitrogens with zero attached hydrogens (tertiary/aromatic N) is 1. The van der Waals surface area contributed by atoms with Crippen LogP contribution in [-0.2, 0) is 17.8 Å². The molecule has 100 valence electrons. The Morgan fingerprint density at radius 2 is 1.95 bits per heavy atom. The van der Waals surface area contributed by atoms with E-state index < -0.39 is 0 Å². The van der Waals surface area contributed by atoms with E-state index in [1.165, 1.54) is 5.56 Å². The molecule has 3 nitrogen and oxygen atoms in total. The Hall–Kier alpha value is -1.23. The van der Waals surface area contributed by atoms with Gasteiger partial charge in [0.15, 0.2) is 0 Å². The van der Waals surface area contributed by atoms with E-state index in [0.29, 0.717) is 13.2 Å². The van der Waals surface area contributed by atoms with E-state index in [-0.39, 0.29) is 6.04 Å². The molecule has 0 saturated heterocycles. The van der Waals surface area contributed by atoms with Gasteiger partial charge in [0.2, 0.25) is 0 Å². The molecule has 4 heteroatoms. The van der Waals surface area contributed by atoms with Gasteiger partial charge in [-0.2, -0.15) is 0 Å². The highest BCUT2D eigenvalue weighted by Gasteiger charge is 2.06. The van der Waals surface area contributed by atoms with Crippen LogP contribution in [-0.4, -0.2) is 17.6 Å². The first-order valence-corrected chi connectivity index (χ1v) is 7.01. The topological polar surface area (TPSA) is 48.1 Å². The Kier molecular flexibility index (Phi) is 5.51. The zero-order valence-corrected chi connectivity index (χ0v) is 12.2. The molecule has 1 aromatic heterocycles. The summed E-state index contributed by atoms with van der Waals surface area (Å²) < 4.78 is 6.58. The summed E-state index contributed by atoms with van der Waals surface area (Å²) in [4.78, 5) is 4.25. The zero-order valence-electron chi connectivity index (χ0n) is 10.6. The summed E-state index contributed by atoms with van der Waals surface area (Å²) in [6.07, 6.45) is 2.58. The fourth-order valence-corrected chi connectivity index (χ4v) is 2.18. The van der Waals surface area contributed by atoms with E-state index in [4.69, 9.17) is 10.5 Å². The molecule has 0 unspecified atom stereocenters. The summed E-state index contributed by atoms with van der Waals surface area (Å²) in [5, 5.41) is 0. The van der Waals surface area contributed by atoms with Crippen LogP contribution in [0.1, 0.15) is 11.3 Å². The summed E-state index contributed by atoms with van der Waals surface area (Å²) in [7, 11) is 0. The van der Waals surface area contributed by atoms with Crippen molar-refractivity contribution in [1.82, 2.24) is 4.98 Å². The monoisotopic (exact) mass is 320 g/mol. The molecule has 1 heterocycles. The molecule has 0 saturated carbocycles. The first-order chi connectivity index (χ1) is 9.25. The van der Waals surface area contributed by atoms with Crippen molar-refractivity contribution >= 4 is 15.9 Å². The summed E-state index contributed by atoms with van der Waals surface area (Å²) in [6.45, 7) is 1.00. The van der Waals surface area contributed by atoms with Crippen molar-refractivity contribution in [3.63, 3.8) is 0 Å². The Labute approximate surface area is 121 Å². The largest absolute Gasteiger partial charge is 0.373 e. The molecule has 0 aliphatic heterocycles. The van der Waals surface area contributed by atoms with Crippen LogP contribution >= 0.6 is 15.9 Å². The highest BCUT2D eigenvalue weighted by molar-refractivity contribution is 9.10. The van der Waals surface area contributed by atoms with Crippen LogP contribution in [0.5, 0.6) is 0 Å². The molecule has 1 atom stereocenters. The van der Waals surface area contributed by atoms with Gasteiger partial charge in [-0.25, -0.2) is 0 Å². The molecule has 0 amide bonds. The molecule has 0 fully saturated rings. The first-order valence-electron chi connectivity index (χ1n) is 6.22. The molecule has 0 spiro atoms. The molecule has 2 N–H and O–H groups in total. The number of halogens is 1. The van der Waals surface area contributed by atoms with Gasteiger partial charge in [-0.05, 0) is 40.0 Å². The SMILES string of the molecule is N[C@@H](COCc1ncccc1Br)Cc1ccccc1. The lowest BCUT2D eigenvalue weighted by molar-refractivity contribution is 0.105. The molecule has 0 bridgehead atoms. The van der Waals surface area contributed by atoms with Gasteiger partial charge in [-0.3, -0.25) is 4.98 Å². The maximum atomic E-state index is 6.05.